The summed E-state index contributed by atoms with van der Waals surface area (Å²) in [6, 6.07) is 37.9. The van der Waals surface area contributed by atoms with Crippen molar-refractivity contribution < 1.29 is 18.8 Å². The van der Waals surface area contributed by atoms with Gasteiger partial charge in [-0.05, 0) is 23.6 Å². The molecular formula is C32H33O4P. The highest BCUT2D eigenvalue weighted by molar-refractivity contribution is 7.78. The van der Waals surface area contributed by atoms with Gasteiger partial charge in [-0.1, -0.05) is 109 Å². The van der Waals surface area contributed by atoms with Gasteiger partial charge in [0, 0.05) is 29.3 Å². The lowest BCUT2D eigenvalue weighted by atomic mass is 9.85. The Bertz CT molecular complexity index is 1270. The third kappa shape index (κ3) is 5.72. The van der Waals surface area contributed by atoms with Crippen LogP contribution in [0.25, 0.3) is 0 Å². The van der Waals surface area contributed by atoms with Crippen molar-refractivity contribution >= 4 is 17.8 Å². The van der Waals surface area contributed by atoms with E-state index in [1.54, 1.807) is 7.11 Å². The fourth-order valence-electron chi connectivity index (χ4n) is 5.27. The smallest absolute Gasteiger partial charge is 0.145 e. The summed E-state index contributed by atoms with van der Waals surface area (Å²) >= 11 is 0. The fraction of sp³-hybridized carbons (Fsp3) is 0.250. The second-order valence-corrected chi connectivity index (χ2v) is 12.3. The molecule has 0 aliphatic carbocycles. The minimum atomic E-state index is -3.00. The first-order valence-electron chi connectivity index (χ1n) is 12.8. The fourth-order valence-corrected chi connectivity index (χ4v) is 8.11. The van der Waals surface area contributed by atoms with Crippen LogP contribution in [0.4, 0.5) is 0 Å². The third-order valence-electron chi connectivity index (χ3n) is 7.13. The lowest BCUT2D eigenvalue weighted by Gasteiger charge is -2.40. The van der Waals surface area contributed by atoms with E-state index in [9.17, 15) is 4.57 Å². The van der Waals surface area contributed by atoms with E-state index < -0.39 is 7.14 Å². The average Bonchev–Trinajstić information content (AvgIpc) is 2.97. The number of methoxy groups -OCH3 is 1. The molecule has 190 valence electrons. The molecule has 5 rings (SSSR count). The standard InChI is InChI=1S/C32H33O4P/c1-34-30-20-12-11-19-28(30)29-21-22-35-31(32(29)36-23-25-13-5-2-6-14-25)24-37(33,26-15-7-3-8-16-26)27-17-9-4-10-18-27/h2-20,29,31-32H,21-24H2,1H3. The zero-order chi connectivity index (χ0) is 25.5. The van der Waals surface area contributed by atoms with Crippen molar-refractivity contribution in [3.8, 4) is 5.75 Å². The monoisotopic (exact) mass is 512 g/mol. The van der Waals surface area contributed by atoms with Crippen LogP contribution in [-0.2, 0) is 20.6 Å². The summed E-state index contributed by atoms with van der Waals surface area (Å²) in [6.45, 7) is 1.03. The molecule has 0 N–H and O–H groups in total. The number of hydrogen-bond acceptors (Lipinski definition) is 4. The molecule has 3 atom stereocenters. The molecule has 37 heavy (non-hydrogen) atoms. The first-order valence-corrected chi connectivity index (χ1v) is 14.7. The summed E-state index contributed by atoms with van der Waals surface area (Å²) < 4.78 is 33.7. The molecule has 4 aromatic rings. The molecule has 0 aromatic heterocycles. The maximum atomic E-state index is 14.9. The Labute approximate surface area is 219 Å². The highest BCUT2D eigenvalue weighted by Crippen LogP contribution is 2.48. The molecule has 0 radical (unpaired) electrons. The minimum absolute atomic E-state index is 0.0543. The first kappa shape index (κ1) is 25.5. The van der Waals surface area contributed by atoms with Crippen molar-refractivity contribution in [2.24, 2.45) is 0 Å². The highest BCUT2D eigenvalue weighted by Gasteiger charge is 2.42. The van der Waals surface area contributed by atoms with E-state index in [1.807, 2.05) is 97.1 Å². The van der Waals surface area contributed by atoms with Gasteiger partial charge in [-0.15, -0.1) is 0 Å². The topological polar surface area (TPSA) is 44.8 Å². The Kier molecular flexibility index (Phi) is 8.21. The predicted octanol–water partition coefficient (Wildman–Crippen LogP) is 6.17. The van der Waals surface area contributed by atoms with Gasteiger partial charge in [-0.2, -0.15) is 0 Å². The largest absolute Gasteiger partial charge is 0.496 e. The number of ether oxygens (including phenoxy) is 3. The van der Waals surface area contributed by atoms with Crippen LogP contribution in [0.2, 0.25) is 0 Å². The van der Waals surface area contributed by atoms with E-state index in [0.717, 1.165) is 33.9 Å². The van der Waals surface area contributed by atoms with E-state index in [4.69, 9.17) is 14.2 Å². The number of hydrogen-bond donors (Lipinski definition) is 0. The number of para-hydroxylation sites is 1. The lowest BCUT2D eigenvalue weighted by molar-refractivity contribution is -0.113. The molecule has 4 aromatic carbocycles. The summed E-state index contributed by atoms with van der Waals surface area (Å²) in [5.41, 5.74) is 2.20. The van der Waals surface area contributed by atoms with Gasteiger partial charge in [0.1, 0.15) is 12.9 Å². The minimum Gasteiger partial charge on any atom is -0.496 e. The van der Waals surface area contributed by atoms with Crippen LogP contribution in [-0.4, -0.2) is 32.1 Å². The van der Waals surface area contributed by atoms with Crippen molar-refractivity contribution in [2.45, 2.75) is 31.2 Å². The Morgan fingerprint density at radius 3 is 1.97 bits per heavy atom. The van der Waals surface area contributed by atoms with Crippen LogP contribution >= 0.6 is 7.14 Å². The molecule has 0 spiro atoms. The van der Waals surface area contributed by atoms with Crippen LogP contribution < -0.4 is 15.3 Å². The van der Waals surface area contributed by atoms with Gasteiger partial charge in [-0.3, -0.25) is 0 Å². The van der Waals surface area contributed by atoms with Crippen molar-refractivity contribution in [1.82, 2.24) is 0 Å². The summed E-state index contributed by atoms with van der Waals surface area (Å²) in [6.07, 6.45) is 0.535. The van der Waals surface area contributed by atoms with Gasteiger partial charge in [0.2, 0.25) is 0 Å². The lowest BCUT2D eigenvalue weighted by Crippen LogP contribution is -2.45. The molecule has 1 heterocycles. The van der Waals surface area contributed by atoms with Crippen LogP contribution in [0.15, 0.2) is 115 Å². The normalized spacial score (nSPS) is 19.9. The SMILES string of the molecule is COc1ccccc1C1CCOC(CP(=O)(c2ccccc2)c2ccccc2)C1OCc1ccccc1. The van der Waals surface area contributed by atoms with Crippen molar-refractivity contribution in [2.75, 3.05) is 19.9 Å². The Morgan fingerprint density at radius 1 is 0.784 bits per heavy atom. The van der Waals surface area contributed by atoms with E-state index in [2.05, 4.69) is 18.2 Å². The van der Waals surface area contributed by atoms with Gasteiger partial charge in [0.25, 0.3) is 0 Å². The maximum absolute atomic E-state index is 14.9. The zero-order valence-electron chi connectivity index (χ0n) is 21.1. The van der Waals surface area contributed by atoms with Gasteiger partial charge in [0.15, 0.2) is 0 Å². The molecule has 1 fully saturated rings. The summed E-state index contributed by atoms with van der Waals surface area (Å²) in [5, 5.41) is 1.68. The van der Waals surface area contributed by atoms with Gasteiger partial charge < -0.3 is 18.8 Å². The molecule has 1 aliphatic heterocycles. The van der Waals surface area contributed by atoms with Crippen LogP contribution in [0.3, 0.4) is 0 Å². The van der Waals surface area contributed by atoms with Crippen LogP contribution in [0.1, 0.15) is 23.5 Å². The molecule has 0 amide bonds. The second kappa shape index (κ2) is 11.9. The predicted molar refractivity (Wildman–Crippen MR) is 150 cm³/mol. The van der Waals surface area contributed by atoms with E-state index in [-0.39, 0.29) is 18.1 Å². The van der Waals surface area contributed by atoms with Crippen molar-refractivity contribution in [3.63, 3.8) is 0 Å². The van der Waals surface area contributed by atoms with E-state index in [1.165, 1.54) is 0 Å². The Morgan fingerprint density at radius 2 is 1.35 bits per heavy atom. The molecule has 3 unspecified atom stereocenters. The van der Waals surface area contributed by atoms with Crippen molar-refractivity contribution in [3.05, 3.63) is 126 Å². The zero-order valence-corrected chi connectivity index (χ0v) is 22.0. The van der Waals surface area contributed by atoms with Gasteiger partial charge in [0.05, 0.1) is 25.9 Å². The first-order chi connectivity index (χ1) is 18.2. The molecule has 1 saturated heterocycles. The van der Waals surface area contributed by atoms with E-state index in [0.29, 0.717) is 19.4 Å². The summed E-state index contributed by atoms with van der Waals surface area (Å²) in [5.74, 6) is 0.898. The highest BCUT2D eigenvalue weighted by atomic mass is 31.2. The number of benzene rings is 4. The summed E-state index contributed by atoms with van der Waals surface area (Å²) in [7, 11) is -1.30. The average molecular weight is 513 g/mol. The molecule has 5 heteroatoms. The summed E-state index contributed by atoms with van der Waals surface area (Å²) in [4.78, 5) is 0. The second-order valence-electron chi connectivity index (χ2n) is 9.40. The molecule has 1 aliphatic rings. The Hall–Kier alpha value is -3.17. The van der Waals surface area contributed by atoms with E-state index >= 15 is 0 Å². The Balaban J connectivity index is 1.53. The quantitative estimate of drug-likeness (QED) is 0.252. The maximum Gasteiger partial charge on any atom is 0.145 e. The number of rotatable bonds is 9. The van der Waals surface area contributed by atoms with Crippen molar-refractivity contribution in [1.29, 1.82) is 0 Å². The van der Waals surface area contributed by atoms with Gasteiger partial charge in [-0.25, -0.2) is 0 Å². The molecule has 4 nitrogen and oxygen atoms in total. The molecular weight excluding hydrogens is 479 g/mol. The molecule has 0 saturated carbocycles. The molecule has 0 bridgehead atoms. The van der Waals surface area contributed by atoms with Crippen LogP contribution in [0.5, 0.6) is 5.75 Å². The van der Waals surface area contributed by atoms with Crippen LogP contribution in [0, 0.1) is 0 Å². The third-order valence-corrected chi connectivity index (χ3v) is 10.3. The van der Waals surface area contributed by atoms with Gasteiger partial charge >= 0.3 is 0 Å².